The van der Waals surface area contributed by atoms with Gasteiger partial charge in [-0.25, -0.2) is 0 Å². The van der Waals surface area contributed by atoms with Gasteiger partial charge in [0.15, 0.2) is 0 Å². The fourth-order valence-corrected chi connectivity index (χ4v) is 4.96. The van der Waals surface area contributed by atoms with Crippen molar-refractivity contribution in [1.29, 1.82) is 5.26 Å². The fraction of sp³-hybridized carbons (Fsp3) is 0.259. The van der Waals surface area contributed by atoms with E-state index in [2.05, 4.69) is 45.9 Å². The predicted octanol–water partition coefficient (Wildman–Crippen LogP) is 6.24. The zero-order valence-corrected chi connectivity index (χ0v) is 18.9. The molecule has 0 saturated carbocycles. The second-order valence-corrected chi connectivity index (χ2v) is 9.21. The van der Waals surface area contributed by atoms with Gasteiger partial charge in [-0.3, -0.25) is 4.98 Å². The minimum atomic E-state index is 0.631. The van der Waals surface area contributed by atoms with Gasteiger partial charge in [-0.2, -0.15) is 5.26 Å². The predicted molar refractivity (Wildman–Crippen MR) is 131 cm³/mol. The summed E-state index contributed by atoms with van der Waals surface area (Å²) in [6.45, 7) is 3.29. The van der Waals surface area contributed by atoms with Gasteiger partial charge in [-0.15, -0.1) is 0 Å². The lowest BCUT2D eigenvalue weighted by Gasteiger charge is -2.30. The van der Waals surface area contributed by atoms with Crippen molar-refractivity contribution in [2.75, 3.05) is 20.1 Å². The van der Waals surface area contributed by atoms with Gasteiger partial charge < -0.3 is 9.47 Å². The standard InChI is InChI=1S/C27H25ClN4/c1-31-10-2-3-20(16-31)17-32-18-26(25-11-19(13-29)4-9-27(25)32)23-12-22(14-30-15-23)21-5-7-24(28)8-6-21/h4-9,11-12,14-15,18,20H,2-3,10,16-17H2,1H3. The summed E-state index contributed by atoms with van der Waals surface area (Å²) in [4.78, 5) is 6.95. The molecule has 0 radical (unpaired) electrons. The Morgan fingerprint density at radius 1 is 1.06 bits per heavy atom. The van der Waals surface area contributed by atoms with E-state index in [-0.39, 0.29) is 0 Å². The van der Waals surface area contributed by atoms with Crippen molar-refractivity contribution in [2.24, 2.45) is 5.92 Å². The molecule has 0 spiro atoms. The molecule has 0 amide bonds. The number of pyridine rings is 1. The molecule has 32 heavy (non-hydrogen) atoms. The first kappa shape index (κ1) is 20.8. The second-order valence-electron chi connectivity index (χ2n) is 8.78. The minimum Gasteiger partial charge on any atom is -0.347 e. The monoisotopic (exact) mass is 440 g/mol. The Labute approximate surface area is 193 Å². The molecule has 5 rings (SSSR count). The number of piperidine rings is 1. The maximum atomic E-state index is 9.49. The first-order valence-corrected chi connectivity index (χ1v) is 11.4. The highest BCUT2D eigenvalue weighted by atomic mass is 35.5. The Morgan fingerprint density at radius 2 is 1.88 bits per heavy atom. The summed E-state index contributed by atoms with van der Waals surface area (Å²) in [6.07, 6.45) is 8.53. The summed E-state index contributed by atoms with van der Waals surface area (Å²) in [6, 6.07) is 18.3. The van der Waals surface area contributed by atoms with Gasteiger partial charge in [0.25, 0.3) is 0 Å². The topological polar surface area (TPSA) is 44.9 Å². The molecular weight excluding hydrogens is 416 g/mol. The molecule has 1 atom stereocenters. The Kier molecular flexibility index (Phi) is 5.70. The summed E-state index contributed by atoms with van der Waals surface area (Å²) in [7, 11) is 2.21. The van der Waals surface area contributed by atoms with Crippen LogP contribution in [0.25, 0.3) is 33.2 Å². The molecular formula is C27H25ClN4. The van der Waals surface area contributed by atoms with Crippen LogP contribution in [-0.2, 0) is 6.54 Å². The molecule has 0 N–H and O–H groups in total. The van der Waals surface area contributed by atoms with Crippen LogP contribution >= 0.6 is 11.6 Å². The number of nitriles is 1. The van der Waals surface area contributed by atoms with E-state index in [1.165, 1.54) is 24.9 Å². The number of aromatic nitrogens is 2. The molecule has 4 nitrogen and oxygen atoms in total. The number of fused-ring (bicyclic) bond motifs is 1. The van der Waals surface area contributed by atoms with Gasteiger partial charge >= 0.3 is 0 Å². The molecule has 0 aliphatic carbocycles. The molecule has 2 aromatic heterocycles. The van der Waals surface area contributed by atoms with Crippen LogP contribution in [-0.4, -0.2) is 34.6 Å². The van der Waals surface area contributed by atoms with E-state index < -0.39 is 0 Å². The van der Waals surface area contributed by atoms with E-state index in [9.17, 15) is 5.26 Å². The number of likely N-dealkylation sites (tertiary alicyclic amines) is 1. The van der Waals surface area contributed by atoms with E-state index in [1.54, 1.807) is 0 Å². The van der Waals surface area contributed by atoms with E-state index >= 15 is 0 Å². The van der Waals surface area contributed by atoms with Gasteiger partial charge in [0.05, 0.1) is 11.6 Å². The third-order valence-electron chi connectivity index (χ3n) is 6.41. The Hall–Kier alpha value is -3.13. The highest BCUT2D eigenvalue weighted by Gasteiger charge is 2.20. The lowest BCUT2D eigenvalue weighted by molar-refractivity contribution is 0.196. The fourth-order valence-electron chi connectivity index (χ4n) is 4.84. The average Bonchev–Trinajstić information content (AvgIpc) is 3.17. The first-order valence-electron chi connectivity index (χ1n) is 11.0. The van der Waals surface area contributed by atoms with Crippen LogP contribution in [0, 0.1) is 17.2 Å². The van der Waals surface area contributed by atoms with Gasteiger partial charge in [-0.1, -0.05) is 23.7 Å². The van der Waals surface area contributed by atoms with E-state index in [0.717, 1.165) is 45.8 Å². The van der Waals surface area contributed by atoms with Crippen LogP contribution in [0.5, 0.6) is 0 Å². The summed E-state index contributed by atoms with van der Waals surface area (Å²) in [5.41, 5.74) is 6.14. The highest BCUT2D eigenvalue weighted by Crippen LogP contribution is 2.34. The Bertz CT molecular complexity index is 1300. The Morgan fingerprint density at radius 3 is 2.66 bits per heavy atom. The van der Waals surface area contributed by atoms with Gasteiger partial charge in [-0.05, 0) is 74.3 Å². The molecule has 1 aliphatic rings. The van der Waals surface area contributed by atoms with Crippen molar-refractivity contribution >= 4 is 22.5 Å². The van der Waals surface area contributed by atoms with E-state index in [1.807, 2.05) is 48.8 Å². The number of halogens is 1. The maximum Gasteiger partial charge on any atom is 0.0991 e. The summed E-state index contributed by atoms with van der Waals surface area (Å²) < 4.78 is 2.37. The van der Waals surface area contributed by atoms with Crippen LogP contribution in [0.4, 0.5) is 0 Å². The van der Waals surface area contributed by atoms with Crippen LogP contribution in [0.2, 0.25) is 5.02 Å². The summed E-state index contributed by atoms with van der Waals surface area (Å²) >= 11 is 6.06. The van der Waals surface area contributed by atoms with Crippen LogP contribution in [0.3, 0.4) is 0 Å². The van der Waals surface area contributed by atoms with Crippen molar-refractivity contribution in [3.63, 3.8) is 0 Å². The Balaban J connectivity index is 1.58. The molecule has 1 fully saturated rings. The van der Waals surface area contributed by atoms with Crippen molar-refractivity contribution in [3.8, 4) is 28.3 Å². The first-order chi connectivity index (χ1) is 15.6. The van der Waals surface area contributed by atoms with Gasteiger partial charge in [0.2, 0.25) is 0 Å². The van der Waals surface area contributed by atoms with Crippen LogP contribution in [0.15, 0.2) is 67.1 Å². The summed E-state index contributed by atoms with van der Waals surface area (Å²) in [5.74, 6) is 0.631. The van der Waals surface area contributed by atoms with Gasteiger partial charge in [0.1, 0.15) is 0 Å². The molecule has 1 unspecified atom stereocenters. The largest absolute Gasteiger partial charge is 0.347 e. The quantitative estimate of drug-likeness (QED) is 0.377. The van der Waals surface area contributed by atoms with Crippen molar-refractivity contribution in [1.82, 2.24) is 14.5 Å². The molecule has 160 valence electrons. The second kappa shape index (κ2) is 8.78. The van der Waals surface area contributed by atoms with Crippen molar-refractivity contribution in [3.05, 3.63) is 77.7 Å². The smallest absolute Gasteiger partial charge is 0.0991 e. The molecule has 1 saturated heterocycles. The SMILES string of the molecule is CN1CCCC(Cn2cc(-c3cncc(-c4ccc(Cl)cc4)c3)c3cc(C#N)ccc32)C1. The normalized spacial score (nSPS) is 16.8. The molecule has 5 heteroatoms. The molecule has 0 bridgehead atoms. The molecule has 1 aliphatic heterocycles. The molecule has 2 aromatic carbocycles. The van der Waals surface area contributed by atoms with Crippen LogP contribution < -0.4 is 0 Å². The lowest BCUT2D eigenvalue weighted by Crippen LogP contribution is -2.33. The number of hydrogen-bond donors (Lipinski definition) is 0. The molecule has 3 heterocycles. The number of benzene rings is 2. The number of rotatable bonds is 4. The van der Waals surface area contributed by atoms with Crippen molar-refractivity contribution in [2.45, 2.75) is 19.4 Å². The van der Waals surface area contributed by atoms with E-state index in [4.69, 9.17) is 11.6 Å². The number of nitrogens with zero attached hydrogens (tertiary/aromatic N) is 4. The van der Waals surface area contributed by atoms with Crippen molar-refractivity contribution < 1.29 is 0 Å². The summed E-state index contributed by atoms with van der Waals surface area (Å²) in [5, 5.41) is 11.3. The van der Waals surface area contributed by atoms with Crippen LogP contribution in [0.1, 0.15) is 18.4 Å². The third kappa shape index (κ3) is 4.14. The zero-order valence-electron chi connectivity index (χ0n) is 18.1. The maximum absolute atomic E-state index is 9.49. The average molecular weight is 441 g/mol. The third-order valence-corrected chi connectivity index (χ3v) is 6.67. The minimum absolute atomic E-state index is 0.631. The van der Waals surface area contributed by atoms with Gasteiger partial charge in [0, 0.05) is 64.3 Å². The van der Waals surface area contributed by atoms with E-state index in [0.29, 0.717) is 11.5 Å². The molecule has 4 aromatic rings. The lowest BCUT2D eigenvalue weighted by atomic mass is 9.98. The number of hydrogen-bond acceptors (Lipinski definition) is 3. The highest BCUT2D eigenvalue weighted by molar-refractivity contribution is 6.30. The zero-order chi connectivity index (χ0) is 22.1.